The van der Waals surface area contributed by atoms with Crippen molar-refractivity contribution in [2.45, 2.75) is 118 Å². The van der Waals surface area contributed by atoms with Gasteiger partial charge in [-0.25, -0.2) is 0 Å². The van der Waals surface area contributed by atoms with Gasteiger partial charge in [-0.05, 0) is 20.6 Å². The number of rotatable bonds is 2. The van der Waals surface area contributed by atoms with E-state index in [1.54, 1.807) is 10.6 Å². The summed E-state index contributed by atoms with van der Waals surface area (Å²) in [5.41, 5.74) is 2.70. The summed E-state index contributed by atoms with van der Waals surface area (Å²) >= 11 is 0. The van der Waals surface area contributed by atoms with Crippen LogP contribution in [0.15, 0.2) is 146 Å². The summed E-state index contributed by atoms with van der Waals surface area (Å²) in [7, 11) is -0.369. The molecule has 8 rings (SSSR count). The summed E-state index contributed by atoms with van der Waals surface area (Å²) in [4.78, 5) is 0. The molecule has 0 heterocycles. The fourth-order valence-corrected chi connectivity index (χ4v) is 16.9. The standard InChI is InChI=1S/2C17H24P.2C10H9.2ClH.2Zr/c2*1-16(2,3)18(17(4,5)6)15-11-13-9-7-8-10-14(13)12-15;2*1-8-6-9-4-2-3-5-10(9)7-8;;;;/h2*7-12H,1-6H3;2*2-7H,1H3;2*1H;;/q4*-1;;;2*+2/p-2. The average molecular weight is 1030 g/mol. The maximum absolute atomic E-state index is 2.40. The van der Waals surface area contributed by atoms with Crippen molar-refractivity contribution >= 4 is 69.5 Å². The average Bonchev–Trinajstić information content (AvgIpc) is 3.85. The van der Waals surface area contributed by atoms with E-state index in [0.717, 1.165) is 0 Å². The minimum absolute atomic E-state index is 0. The van der Waals surface area contributed by atoms with Crippen LogP contribution in [0, 0.1) is 13.8 Å². The van der Waals surface area contributed by atoms with Crippen LogP contribution in [-0.2, 0) is 52.4 Å². The Morgan fingerprint density at radius 3 is 0.767 bits per heavy atom. The van der Waals surface area contributed by atoms with Gasteiger partial charge in [0.05, 0.1) is 0 Å². The van der Waals surface area contributed by atoms with Gasteiger partial charge in [-0.3, -0.25) is 0 Å². The Morgan fingerprint density at radius 1 is 0.333 bits per heavy atom. The molecule has 0 amide bonds. The van der Waals surface area contributed by atoms with E-state index in [2.05, 4.69) is 243 Å². The number of hydrogen-bond acceptors (Lipinski definition) is 0. The van der Waals surface area contributed by atoms with Gasteiger partial charge < -0.3 is 24.8 Å². The minimum atomic E-state index is -0.185. The van der Waals surface area contributed by atoms with Crippen LogP contribution < -0.4 is 35.4 Å². The Labute approximate surface area is 417 Å². The van der Waals surface area contributed by atoms with Gasteiger partial charge in [-0.2, -0.15) is 24.3 Å². The summed E-state index contributed by atoms with van der Waals surface area (Å²) in [6.45, 7) is 32.8. The van der Waals surface area contributed by atoms with Crippen LogP contribution in [0.25, 0.3) is 43.1 Å². The molecule has 0 saturated heterocycles. The largest absolute Gasteiger partial charge is 2.00 e. The first-order chi connectivity index (χ1) is 26.1. The van der Waals surface area contributed by atoms with E-state index in [4.69, 9.17) is 0 Å². The molecule has 0 N–H and O–H groups in total. The first-order valence-electron chi connectivity index (χ1n) is 20.3. The summed E-state index contributed by atoms with van der Waals surface area (Å²) in [5.74, 6) is 0. The zero-order valence-corrected chi connectivity index (χ0v) is 46.7. The molecule has 0 nitrogen and oxygen atoms in total. The smallest absolute Gasteiger partial charge is 1.00 e. The fourth-order valence-electron chi connectivity index (χ4n) is 8.70. The number of fused-ring (bicyclic) bond motifs is 4. The van der Waals surface area contributed by atoms with Crippen molar-refractivity contribution in [3.63, 3.8) is 0 Å². The van der Waals surface area contributed by atoms with E-state index in [0.29, 0.717) is 20.6 Å². The van der Waals surface area contributed by atoms with Gasteiger partial charge in [0, 0.05) is 0 Å². The van der Waals surface area contributed by atoms with Crippen molar-refractivity contribution in [3.8, 4) is 0 Å². The molecule has 8 aromatic carbocycles. The zero-order valence-electron chi connectivity index (χ0n) is 38.5. The summed E-state index contributed by atoms with van der Waals surface area (Å²) in [5, 5.41) is 15.4. The number of hydrogen-bond donors (Lipinski definition) is 0. The molecule has 0 radical (unpaired) electrons. The van der Waals surface area contributed by atoms with Gasteiger partial charge >= 0.3 is 52.4 Å². The molecule has 0 unspecified atom stereocenters. The molecule has 6 heteroatoms. The molecule has 0 atom stereocenters. The van der Waals surface area contributed by atoms with Crippen LogP contribution in [0.5, 0.6) is 0 Å². The van der Waals surface area contributed by atoms with Crippen LogP contribution in [0.2, 0.25) is 0 Å². The molecule has 316 valence electrons. The van der Waals surface area contributed by atoms with E-state index in [1.807, 2.05) is 0 Å². The van der Waals surface area contributed by atoms with Crippen molar-refractivity contribution in [1.82, 2.24) is 0 Å². The topological polar surface area (TPSA) is 0 Å². The molecule has 0 fully saturated rings. The van der Waals surface area contributed by atoms with Crippen LogP contribution in [0.3, 0.4) is 0 Å². The summed E-state index contributed by atoms with van der Waals surface area (Å²) < 4.78 is 0. The van der Waals surface area contributed by atoms with Gasteiger partial charge in [0.2, 0.25) is 0 Å². The molecule has 0 aliphatic rings. The monoisotopic (exact) mass is 1030 g/mol. The number of benzene rings is 4. The third-order valence-corrected chi connectivity index (χ3v) is 16.8. The van der Waals surface area contributed by atoms with Crippen LogP contribution in [0.1, 0.15) is 94.2 Å². The molecule has 60 heavy (non-hydrogen) atoms. The van der Waals surface area contributed by atoms with E-state index < -0.39 is 0 Å². The van der Waals surface area contributed by atoms with Crippen molar-refractivity contribution < 1.29 is 77.2 Å². The molecule has 0 aliphatic heterocycles. The first kappa shape index (κ1) is 56.5. The second kappa shape index (κ2) is 23.5. The van der Waals surface area contributed by atoms with Gasteiger partial charge in [-0.1, -0.05) is 137 Å². The van der Waals surface area contributed by atoms with Gasteiger partial charge in [0.25, 0.3) is 0 Å². The Kier molecular flexibility index (Phi) is 22.1. The van der Waals surface area contributed by atoms with Crippen molar-refractivity contribution in [3.05, 3.63) is 157 Å². The van der Waals surface area contributed by atoms with E-state index in [-0.39, 0.29) is 93.1 Å². The quantitative estimate of drug-likeness (QED) is 0.120. The zero-order chi connectivity index (χ0) is 41.1. The molecule has 8 aromatic rings. The van der Waals surface area contributed by atoms with Crippen LogP contribution in [-0.4, -0.2) is 20.6 Å². The first-order valence-corrected chi connectivity index (χ1v) is 23.0. The predicted octanol–water partition coefficient (Wildman–Crippen LogP) is 10.3. The second-order valence-electron chi connectivity index (χ2n) is 19.4. The molecule has 0 bridgehead atoms. The molecular formula is C54H66Cl2P2Zr2-2. The third-order valence-electron chi connectivity index (χ3n) is 9.93. The van der Waals surface area contributed by atoms with Crippen LogP contribution >= 0.6 is 15.8 Å². The number of halogens is 2. The Morgan fingerprint density at radius 2 is 0.550 bits per heavy atom. The Bertz CT molecular complexity index is 2130. The van der Waals surface area contributed by atoms with E-state index >= 15 is 0 Å². The predicted molar refractivity (Wildman–Crippen MR) is 260 cm³/mol. The summed E-state index contributed by atoms with van der Waals surface area (Å²) in [6.07, 6.45) is 0. The molecule has 0 spiro atoms. The van der Waals surface area contributed by atoms with E-state index in [1.165, 1.54) is 54.2 Å². The van der Waals surface area contributed by atoms with Gasteiger partial charge in [-0.15, -0.1) is 162 Å². The Balaban J connectivity index is 0.000000403. The van der Waals surface area contributed by atoms with Crippen LogP contribution in [0.4, 0.5) is 0 Å². The molecule has 0 aliphatic carbocycles. The maximum atomic E-state index is 2.40. The molecular weight excluding hydrogens is 964 g/mol. The molecule has 0 saturated carbocycles. The fraction of sp³-hybridized carbons (Fsp3) is 0.333. The molecule has 0 aromatic heterocycles. The normalized spacial score (nSPS) is 11.6. The summed E-state index contributed by atoms with van der Waals surface area (Å²) in [6, 6.07) is 52.7. The Hall–Kier alpha value is -1.47. The second-order valence-corrected chi connectivity index (χ2v) is 27.1. The SMILES string of the molecule is CC(C)(C)P(c1cc2ccccc2[cH-]1)C(C)(C)C.CC(C)(C)P(c1cc2ccccc2[cH-]1)C(C)(C)C.Cc1cc2ccccc2[cH-]1.Cc1cc2ccccc2[cH-]1.[Cl-].[Cl-].[Zr+2].[Zr+2]. The minimum Gasteiger partial charge on any atom is -1.00 e. The van der Waals surface area contributed by atoms with Crippen molar-refractivity contribution in [1.29, 1.82) is 0 Å². The maximum Gasteiger partial charge on any atom is 2.00 e. The van der Waals surface area contributed by atoms with Gasteiger partial charge in [0.1, 0.15) is 0 Å². The number of aryl methyl sites for hydroxylation is 2. The van der Waals surface area contributed by atoms with Gasteiger partial charge in [0.15, 0.2) is 0 Å². The van der Waals surface area contributed by atoms with Crippen molar-refractivity contribution in [2.24, 2.45) is 0 Å². The van der Waals surface area contributed by atoms with E-state index in [9.17, 15) is 0 Å². The third kappa shape index (κ3) is 15.4. The van der Waals surface area contributed by atoms with Crippen molar-refractivity contribution in [2.75, 3.05) is 0 Å².